The van der Waals surface area contributed by atoms with E-state index in [2.05, 4.69) is 0 Å². The molecule has 0 spiro atoms. The average molecular weight is 239 g/mol. The van der Waals surface area contributed by atoms with Crippen LogP contribution in [-0.4, -0.2) is 24.1 Å². The summed E-state index contributed by atoms with van der Waals surface area (Å²) in [5.74, 6) is -0.799. The number of hydrogen-bond donors (Lipinski definition) is 1. The largest absolute Gasteiger partial charge is 0.364 e. The second-order valence-corrected chi connectivity index (χ2v) is 4.21. The van der Waals surface area contributed by atoms with Crippen LogP contribution in [0, 0.1) is 15.9 Å². The van der Waals surface area contributed by atoms with Crippen LogP contribution in [0.2, 0.25) is 0 Å². The van der Waals surface area contributed by atoms with E-state index in [4.69, 9.17) is 5.73 Å². The lowest BCUT2D eigenvalue weighted by molar-refractivity contribution is -0.386. The van der Waals surface area contributed by atoms with Crippen LogP contribution in [0.5, 0.6) is 0 Å². The molecular weight excluding hydrogens is 225 g/mol. The van der Waals surface area contributed by atoms with Gasteiger partial charge < -0.3 is 10.6 Å². The molecule has 1 atom stereocenters. The van der Waals surface area contributed by atoms with Crippen molar-refractivity contribution >= 4 is 11.4 Å². The number of rotatable bonds is 2. The highest BCUT2D eigenvalue weighted by Gasteiger charge is 2.26. The van der Waals surface area contributed by atoms with Crippen LogP contribution in [0.15, 0.2) is 18.2 Å². The van der Waals surface area contributed by atoms with Crippen LogP contribution in [0.25, 0.3) is 0 Å². The van der Waals surface area contributed by atoms with Gasteiger partial charge in [-0.25, -0.2) is 0 Å². The highest BCUT2D eigenvalue weighted by molar-refractivity contribution is 5.64. The molecule has 0 saturated carbocycles. The van der Waals surface area contributed by atoms with E-state index in [0.717, 1.165) is 18.9 Å². The Labute approximate surface area is 98.2 Å². The van der Waals surface area contributed by atoms with E-state index in [9.17, 15) is 14.5 Å². The van der Waals surface area contributed by atoms with Crippen LogP contribution in [0.4, 0.5) is 15.8 Å². The first-order valence-electron chi connectivity index (χ1n) is 5.53. The lowest BCUT2D eigenvalue weighted by Crippen LogP contribution is -2.43. The molecule has 2 rings (SSSR count). The number of para-hydroxylation sites is 1. The summed E-state index contributed by atoms with van der Waals surface area (Å²) in [4.78, 5) is 12.0. The zero-order valence-corrected chi connectivity index (χ0v) is 9.30. The molecule has 1 aromatic rings. The van der Waals surface area contributed by atoms with Gasteiger partial charge in [0.05, 0.1) is 4.92 Å². The highest BCUT2D eigenvalue weighted by atomic mass is 19.1. The van der Waals surface area contributed by atoms with Crippen LogP contribution in [-0.2, 0) is 0 Å². The summed E-state index contributed by atoms with van der Waals surface area (Å²) in [5, 5.41) is 10.9. The van der Waals surface area contributed by atoms with Crippen molar-refractivity contribution in [2.24, 2.45) is 5.73 Å². The molecule has 0 bridgehead atoms. The summed E-state index contributed by atoms with van der Waals surface area (Å²) >= 11 is 0. The van der Waals surface area contributed by atoms with Gasteiger partial charge in [-0.15, -0.1) is 0 Å². The third-order valence-corrected chi connectivity index (χ3v) is 2.95. The molecule has 1 unspecified atom stereocenters. The number of hydrogen-bond acceptors (Lipinski definition) is 4. The molecule has 1 aromatic carbocycles. The fraction of sp³-hybridized carbons (Fsp3) is 0.455. The van der Waals surface area contributed by atoms with Gasteiger partial charge in [-0.05, 0) is 25.0 Å². The van der Waals surface area contributed by atoms with Crippen LogP contribution in [0.3, 0.4) is 0 Å². The van der Waals surface area contributed by atoms with Gasteiger partial charge in [0.1, 0.15) is 5.69 Å². The number of halogens is 1. The summed E-state index contributed by atoms with van der Waals surface area (Å²) in [6, 6.07) is 4.15. The quantitative estimate of drug-likeness (QED) is 0.629. The topological polar surface area (TPSA) is 72.4 Å². The first-order chi connectivity index (χ1) is 8.09. The van der Waals surface area contributed by atoms with E-state index in [1.54, 1.807) is 11.0 Å². The maximum absolute atomic E-state index is 13.5. The number of anilines is 1. The van der Waals surface area contributed by atoms with Crippen LogP contribution in [0.1, 0.15) is 12.8 Å². The zero-order valence-electron chi connectivity index (χ0n) is 9.30. The molecule has 0 radical (unpaired) electrons. The summed E-state index contributed by atoms with van der Waals surface area (Å²) in [6.45, 7) is 1.21. The van der Waals surface area contributed by atoms with E-state index in [-0.39, 0.29) is 6.04 Å². The third-order valence-electron chi connectivity index (χ3n) is 2.95. The molecule has 2 N–H and O–H groups in total. The Hall–Kier alpha value is -1.69. The van der Waals surface area contributed by atoms with Gasteiger partial charge in [-0.1, -0.05) is 6.07 Å². The van der Waals surface area contributed by atoms with E-state index in [0.29, 0.717) is 18.8 Å². The van der Waals surface area contributed by atoms with Crippen molar-refractivity contribution in [3.63, 3.8) is 0 Å². The van der Waals surface area contributed by atoms with Crippen molar-refractivity contribution in [2.45, 2.75) is 18.9 Å². The average Bonchev–Trinajstić information content (AvgIpc) is 2.28. The molecule has 1 saturated heterocycles. The number of nitro groups is 1. The van der Waals surface area contributed by atoms with Crippen LogP contribution >= 0.6 is 0 Å². The molecule has 0 aliphatic carbocycles. The Morgan fingerprint density at radius 1 is 1.53 bits per heavy atom. The Morgan fingerprint density at radius 2 is 2.29 bits per heavy atom. The summed E-state index contributed by atoms with van der Waals surface area (Å²) < 4.78 is 13.5. The van der Waals surface area contributed by atoms with Gasteiger partial charge >= 0.3 is 5.69 Å². The monoisotopic (exact) mass is 239 g/mol. The smallest absolute Gasteiger partial charge is 0.327 e. The third kappa shape index (κ3) is 2.36. The summed E-state index contributed by atoms with van der Waals surface area (Å²) in [5.41, 5.74) is 5.69. The molecule has 0 aromatic heterocycles. The van der Waals surface area contributed by atoms with Gasteiger partial charge in [0.2, 0.25) is 5.82 Å². The zero-order chi connectivity index (χ0) is 12.4. The van der Waals surface area contributed by atoms with Gasteiger partial charge in [0.25, 0.3) is 0 Å². The number of nitro benzene ring substituents is 1. The number of nitrogens with two attached hydrogens (primary N) is 1. The molecule has 0 amide bonds. The Bertz CT molecular complexity index is 439. The van der Waals surface area contributed by atoms with Crippen molar-refractivity contribution in [1.82, 2.24) is 0 Å². The van der Waals surface area contributed by atoms with Crippen molar-refractivity contribution in [1.29, 1.82) is 0 Å². The Balaban J connectivity index is 2.37. The van der Waals surface area contributed by atoms with Crippen LogP contribution < -0.4 is 10.6 Å². The molecule has 17 heavy (non-hydrogen) atoms. The maximum Gasteiger partial charge on any atom is 0.327 e. The molecule has 5 nitrogen and oxygen atoms in total. The van der Waals surface area contributed by atoms with Crippen molar-refractivity contribution < 1.29 is 9.31 Å². The maximum atomic E-state index is 13.5. The Kier molecular flexibility index (Phi) is 3.23. The minimum absolute atomic E-state index is 0.00776. The molecular formula is C11H14FN3O2. The van der Waals surface area contributed by atoms with E-state index in [1.807, 2.05) is 0 Å². The van der Waals surface area contributed by atoms with E-state index < -0.39 is 16.4 Å². The summed E-state index contributed by atoms with van der Waals surface area (Å²) in [7, 11) is 0. The fourth-order valence-corrected chi connectivity index (χ4v) is 2.17. The second-order valence-electron chi connectivity index (χ2n) is 4.21. The van der Waals surface area contributed by atoms with Gasteiger partial charge in [-0.3, -0.25) is 10.1 Å². The molecule has 1 heterocycles. The number of piperidine rings is 1. The minimum Gasteiger partial charge on any atom is -0.364 e. The first-order valence-corrected chi connectivity index (χ1v) is 5.53. The first kappa shape index (κ1) is 11.8. The van der Waals surface area contributed by atoms with E-state index >= 15 is 0 Å². The molecule has 6 heteroatoms. The van der Waals surface area contributed by atoms with Gasteiger partial charge in [0, 0.05) is 19.1 Å². The normalized spacial score (nSPS) is 20.4. The van der Waals surface area contributed by atoms with Gasteiger partial charge in [-0.2, -0.15) is 4.39 Å². The van der Waals surface area contributed by atoms with Gasteiger partial charge in [0.15, 0.2) is 0 Å². The lowest BCUT2D eigenvalue weighted by atomic mass is 10.1. The predicted molar refractivity (Wildman–Crippen MR) is 62.5 cm³/mol. The van der Waals surface area contributed by atoms with E-state index in [1.165, 1.54) is 6.07 Å². The lowest BCUT2D eigenvalue weighted by Gasteiger charge is -2.32. The SMILES string of the molecule is NC1CCCN(c2cccc(F)c2[N+](=O)[O-])C1. The number of nitrogens with zero attached hydrogens (tertiary/aromatic N) is 2. The number of benzene rings is 1. The molecule has 1 aliphatic rings. The minimum atomic E-state index is -0.799. The Morgan fingerprint density at radius 3 is 2.94 bits per heavy atom. The predicted octanol–water partition coefficient (Wildman–Crippen LogP) is 1.66. The molecule has 1 fully saturated rings. The molecule has 1 aliphatic heterocycles. The van der Waals surface area contributed by atoms with Crippen molar-refractivity contribution in [3.8, 4) is 0 Å². The highest BCUT2D eigenvalue weighted by Crippen LogP contribution is 2.32. The van der Waals surface area contributed by atoms with Crippen molar-refractivity contribution in [2.75, 3.05) is 18.0 Å². The molecule has 92 valence electrons. The fourth-order valence-electron chi connectivity index (χ4n) is 2.17. The summed E-state index contributed by atoms with van der Waals surface area (Å²) in [6.07, 6.45) is 1.77. The second kappa shape index (κ2) is 4.67. The standard InChI is InChI=1S/C11H14FN3O2/c12-9-4-1-5-10(11(9)15(16)17)14-6-2-3-8(13)7-14/h1,4-5,8H,2-3,6-7,13H2. The van der Waals surface area contributed by atoms with Crippen molar-refractivity contribution in [3.05, 3.63) is 34.1 Å².